The average Bonchev–Trinajstić information content (AvgIpc) is 2.33. The van der Waals surface area contributed by atoms with Crippen LogP contribution in [0, 0.1) is 6.92 Å². The van der Waals surface area contributed by atoms with Gasteiger partial charge < -0.3 is 9.84 Å². The van der Waals surface area contributed by atoms with E-state index in [9.17, 15) is 4.79 Å². The predicted octanol–water partition coefficient (Wildman–Crippen LogP) is 1.64. The van der Waals surface area contributed by atoms with Gasteiger partial charge in [0.1, 0.15) is 5.76 Å². The highest BCUT2D eigenvalue weighted by Gasteiger charge is 2.04. The fraction of sp³-hybridized carbons (Fsp3) is 0.250. The summed E-state index contributed by atoms with van der Waals surface area (Å²) in [6.07, 6.45) is 0. The number of carbonyl (C=O) groups excluding carboxylic acids is 1. The van der Waals surface area contributed by atoms with Crippen LogP contribution in [0.4, 0.5) is 10.6 Å². The van der Waals surface area contributed by atoms with Crippen LogP contribution in [0.2, 0.25) is 0 Å². The lowest BCUT2D eigenvalue weighted by atomic mass is 10.5. The van der Waals surface area contributed by atoms with Gasteiger partial charge in [-0.2, -0.15) is 0 Å². The normalized spacial score (nSPS) is 9.38. The molecule has 1 heterocycles. The van der Waals surface area contributed by atoms with E-state index in [4.69, 9.17) is 4.52 Å². The van der Waals surface area contributed by atoms with E-state index in [1.807, 2.05) is 0 Å². The van der Waals surface area contributed by atoms with E-state index in [0.29, 0.717) is 17.3 Å². The average molecular weight is 181 g/mol. The molecule has 0 bridgehead atoms. The molecule has 0 aromatic carbocycles. The summed E-state index contributed by atoms with van der Waals surface area (Å²) in [5.74, 6) is 1.03. The monoisotopic (exact) mass is 181 g/mol. The molecule has 0 unspecified atom stereocenters. The summed E-state index contributed by atoms with van der Waals surface area (Å²) in [6, 6.07) is 1.25. The van der Waals surface area contributed by atoms with Gasteiger partial charge in [0.25, 0.3) is 0 Å². The number of carbonyl (C=O) groups is 1. The summed E-state index contributed by atoms with van der Waals surface area (Å²) in [5.41, 5.74) is 0.567. The third kappa shape index (κ3) is 2.98. The van der Waals surface area contributed by atoms with Crippen molar-refractivity contribution in [2.24, 2.45) is 0 Å². The molecule has 70 valence electrons. The fourth-order valence-corrected chi connectivity index (χ4v) is 0.767. The highest BCUT2D eigenvalue weighted by atomic mass is 16.5. The number of aryl methyl sites for hydroxylation is 1. The summed E-state index contributed by atoms with van der Waals surface area (Å²) in [7, 11) is 0. The van der Waals surface area contributed by atoms with Crippen molar-refractivity contribution < 1.29 is 9.32 Å². The third-order valence-electron chi connectivity index (χ3n) is 1.20. The number of aromatic nitrogens is 1. The van der Waals surface area contributed by atoms with Gasteiger partial charge in [-0.1, -0.05) is 11.7 Å². The molecule has 0 spiro atoms. The van der Waals surface area contributed by atoms with Crippen LogP contribution >= 0.6 is 0 Å². The van der Waals surface area contributed by atoms with Gasteiger partial charge in [0, 0.05) is 11.8 Å². The number of allylic oxidation sites excluding steroid dienone is 1. The van der Waals surface area contributed by atoms with E-state index >= 15 is 0 Å². The van der Waals surface area contributed by atoms with Crippen molar-refractivity contribution in [2.75, 3.05) is 5.32 Å². The van der Waals surface area contributed by atoms with E-state index in [2.05, 4.69) is 22.4 Å². The van der Waals surface area contributed by atoms with Crippen molar-refractivity contribution in [3.05, 3.63) is 24.1 Å². The van der Waals surface area contributed by atoms with Gasteiger partial charge in [-0.3, -0.25) is 5.32 Å². The lowest BCUT2D eigenvalue weighted by Gasteiger charge is -2.02. The number of rotatable bonds is 2. The second kappa shape index (κ2) is 3.75. The van der Waals surface area contributed by atoms with Gasteiger partial charge in [0.2, 0.25) is 0 Å². The molecule has 5 heteroatoms. The van der Waals surface area contributed by atoms with E-state index in [1.165, 1.54) is 0 Å². The first kappa shape index (κ1) is 9.31. The molecule has 13 heavy (non-hydrogen) atoms. The predicted molar refractivity (Wildman–Crippen MR) is 48.2 cm³/mol. The highest BCUT2D eigenvalue weighted by Crippen LogP contribution is 2.06. The Morgan fingerprint density at radius 1 is 1.69 bits per heavy atom. The topological polar surface area (TPSA) is 67.2 Å². The van der Waals surface area contributed by atoms with Crippen molar-refractivity contribution in [3.8, 4) is 0 Å². The molecule has 2 N–H and O–H groups in total. The molecule has 0 saturated heterocycles. The molecule has 1 aromatic rings. The van der Waals surface area contributed by atoms with Crippen LogP contribution in [0.1, 0.15) is 12.7 Å². The van der Waals surface area contributed by atoms with Gasteiger partial charge in [0.15, 0.2) is 5.82 Å². The lowest BCUT2D eigenvalue weighted by molar-refractivity contribution is 0.254. The quantitative estimate of drug-likeness (QED) is 0.728. The first-order valence-corrected chi connectivity index (χ1v) is 3.75. The van der Waals surface area contributed by atoms with Crippen LogP contribution in [-0.4, -0.2) is 11.2 Å². The Bertz CT molecular complexity index is 330. The summed E-state index contributed by atoms with van der Waals surface area (Å²) in [4.78, 5) is 11.1. The van der Waals surface area contributed by atoms with Crippen LogP contribution < -0.4 is 10.6 Å². The Kier molecular flexibility index (Phi) is 2.69. The molecule has 2 amide bonds. The summed E-state index contributed by atoms with van der Waals surface area (Å²) >= 11 is 0. The second-order valence-electron chi connectivity index (χ2n) is 2.68. The Balaban J connectivity index is 2.50. The molecule has 1 aromatic heterocycles. The number of hydrogen-bond acceptors (Lipinski definition) is 3. The highest BCUT2D eigenvalue weighted by molar-refractivity contribution is 5.89. The number of urea groups is 1. The van der Waals surface area contributed by atoms with E-state index in [-0.39, 0.29) is 6.03 Å². The lowest BCUT2D eigenvalue weighted by Crippen LogP contribution is -2.26. The zero-order valence-corrected chi connectivity index (χ0v) is 7.55. The molecular weight excluding hydrogens is 170 g/mol. The molecule has 0 aliphatic heterocycles. The fourth-order valence-electron chi connectivity index (χ4n) is 0.767. The third-order valence-corrected chi connectivity index (χ3v) is 1.20. The van der Waals surface area contributed by atoms with Crippen LogP contribution in [0.25, 0.3) is 0 Å². The number of hydrogen-bond donors (Lipinski definition) is 2. The SMILES string of the molecule is C=C(C)NC(=O)Nc1cc(C)on1. The zero-order chi connectivity index (χ0) is 9.84. The van der Waals surface area contributed by atoms with Crippen LogP contribution in [0.15, 0.2) is 22.9 Å². The van der Waals surface area contributed by atoms with Gasteiger partial charge in [-0.05, 0) is 13.8 Å². The Morgan fingerprint density at radius 3 is 2.85 bits per heavy atom. The van der Waals surface area contributed by atoms with Gasteiger partial charge in [-0.25, -0.2) is 4.79 Å². The molecule has 0 atom stereocenters. The maximum Gasteiger partial charge on any atom is 0.324 e. The number of nitrogens with one attached hydrogen (secondary N) is 2. The Labute approximate surface area is 75.8 Å². The van der Waals surface area contributed by atoms with E-state index in [0.717, 1.165) is 0 Å². The molecule has 1 rings (SSSR count). The smallest absolute Gasteiger partial charge is 0.324 e. The first-order valence-electron chi connectivity index (χ1n) is 3.75. The number of nitrogens with zero attached hydrogens (tertiary/aromatic N) is 1. The largest absolute Gasteiger partial charge is 0.360 e. The molecule has 0 radical (unpaired) electrons. The zero-order valence-electron chi connectivity index (χ0n) is 7.55. The molecule has 0 aliphatic rings. The van der Waals surface area contributed by atoms with Gasteiger partial charge >= 0.3 is 6.03 Å². The second-order valence-corrected chi connectivity index (χ2v) is 2.68. The van der Waals surface area contributed by atoms with Crippen LogP contribution in [0.3, 0.4) is 0 Å². The minimum Gasteiger partial charge on any atom is -0.360 e. The Hall–Kier alpha value is -1.78. The minimum atomic E-state index is -0.374. The van der Waals surface area contributed by atoms with Crippen LogP contribution in [0.5, 0.6) is 0 Å². The van der Waals surface area contributed by atoms with Crippen LogP contribution in [-0.2, 0) is 0 Å². The summed E-state index contributed by atoms with van der Waals surface area (Å²) in [5, 5.41) is 8.54. The van der Waals surface area contributed by atoms with Gasteiger partial charge in [-0.15, -0.1) is 0 Å². The maximum atomic E-state index is 11.1. The summed E-state index contributed by atoms with van der Waals surface area (Å²) < 4.78 is 4.76. The summed E-state index contributed by atoms with van der Waals surface area (Å²) in [6.45, 7) is 6.96. The molecule has 0 aliphatic carbocycles. The van der Waals surface area contributed by atoms with Crippen molar-refractivity contribution in [1.82, 2.24) is 10.5 Å². The van der Waals surface area contributed by atoms with E-state index in [1.54, 1.807) is 19.9 Å². The van der Waals surface area contributed by atoms with Crippen molar-refractivity contribution in [1.29, 1.82) is 0 Å². The number of anilines is 1. The van der Waals surface area contributed by atoms with Crippen molar-refractivity contribution in [3.63, 3.8) is 0 Å². The van der Waals surface area contributed by atoms with Crippen molar-refractivity contribution >= 4 is 11.8 Å². The van der Waals surface area contributed by atoms with E-state index < -0.39 is 0 Å². The molecular formula is C8H11N3O2. The maximum absolute atomic E-state index is 11.1. The number of amides is 2. The molecule has 0 fully saturated rings. The van der Waals surface area contributed by atoms with Gasteiger partial charge in [0.05, 0.1) is 0 Å². The Morgan fingerprint density at radius 2 is 2.38 bits per heavy atom. The molecule has 0 saturated carbocycles. The standard InChI is InChI=1S/C8H11N3O2/c1-5(2)9-8(12)10-7-4-6(3)13-11-7/h4H,1H2,2-3H3,(H2,9,10,11,12). The minimum absolute atomic E-state index is 0.374. The first-order chi connectivity index (χ1) is 6.08. The molecule has 5 nitrogen and oxygen atoms in total. The van der Waals surface area contributed by atoms with Crippen molar-refractivity contribution in [2.45, 2.75) is 13.8 Å².